The molecule has 0 saturated heterocycles. The van der Waals surface area contributed by atoms with Crippen molar-refractivity contribution in [1.29, 1.82) is 0 Å². The summed E-state index contributed by atoms with van der Waals surface area (Å²) in [7, 11) is 1.62. The highest BCUT2D eigenvalue weighted by Crippen LogP contribution is 2.30. The molecule has 148 valence electrons. The Morgan fingerprint density at radius 3 is 2.68 bits per heavy atom. The van der Waals surface area contributed by atoms with Crippen LogP contribution in [0.4, 0.5) is 13.2 Å². The number of aliphatic imine (C=N–C) groups is 1. The third-order valence-corrected chi connectivity index (χ3v) is 4.74. The number of halogens is 3. The van der Waals surface area contributed by atoms with Gasteiger partial charge in [-0.2, -0.15) is 13.2 Å². The molecule has 0 aliphatic heterocycles. The molecule has 0 saturated carbocycles. The van der Waals surface area contributed by atoms with E-state index in [0.717, 1.165) is 33.8 Å². The predicted molar refractivity (Wildman–Crippen MR) is 103 cm³/mol. The molecule has 0 aliphatic carbocycles. The number of nitrogens with zero attached hydrogens (tertiary/aromatic N) is 3. The summed E-state index contributed by atoms with van der Waals surface area (Å²) in [6, 6.07) is 9.86. The van der Waals surface area contributed by atoms with Crippen molar-refractivity contribution in [3.8, 4) is 11.3 Å². The molecule has 0 aliphatic rings. The minimum Gasteiger partial charge on any atom is -0.356 e. The van der Waals surface area contributed by atoms with Gasteiger partial charge in [0.15, 0.2) is 11.7 Å². The van der Waals surface area contributed by atoms with Crippen LogP contribution in [0.15, 0.2) is 46.9 Å². The SMILES string of the molecule is CN=C(NCCc1nc(C(F)(F)F)cs1)NCc1ncc(-c2ccccc2)[nH]1. The molecule has 2 heterocycles. The third-order valence-electron chi connectivity index (χ3n) is 3.83. The van der Waals surface area contributed by atoms with Crippen LogP contribution in [0.5, 0.6) is 0 Å². The highest BCUT2D eigenvalue weighted by atomic mass is 32.1. The van der Waals surface area contributed by atoms with Crippen molar-refractivity contribution in [3.63, 3.8) is 0 Å². The molecule has 3 N–H and O–H groups in total. The third kappa shape index (κ3) is 5.32. The zero-order valence-electron chi connectivity index (χ0n) is 15.0. The summed E-state index contributed by atoms with van der Waals surface area (Å²) in [6.45, 7) is 0.847. The Kier molecular flexibility index (Phi) is 6.30. The lowest BCUT2D eigenvalue weighted by atomic mass is 10.2. The molecule has 0 spiro atoms. The number of imidazole rings is 1. The zero-order valence-corrected chi connectivity index (χ0v) is 15.9. The number of aromatic nitrogens is 3. The Labute approximate surface area is 164 Å². The van der Waals surface area contributed by atoms with Gasteiger partial charge in [-0.1, -0.05) is 30.3 Å². The van der Waals surface area contributed by atoms with Gasteiger partial charge < -0.3 is 15.6 Å². The molecule has 3 rings (SSSR count). The van der Waals surface area contributed by atoms with E-state index in [1.807, 2.05) is 30.3 Å². The van der Waals surface area contributed by atoms with E-state index >= 15 is 0 Å². The van der Waals surface area contributed by atoms with Gasteiger partial charge in [0.2, 0.25) is 0 Å². The van der Waals surface area contributed by atoms with Crippen LogP contribution < -0.4 is 10.6 Å². The number of hydrogen-bond acceptors (Lipinski definition) is 4. The Hall–Kier alpha value is -2.88. The van der Waals surface area contributed by atoms with E-state index in [4.69, 9.17) is 0 Å². The highest BCUT2D eigenvalue weighted by molar-refractivity contribution is 7.09. The van der Waals surface area contributed by atoms with Crippen molar-refractivity contribution >= 4 is 17.3 Å². The molecular weight excluding hydrogens is 389 g/mol. The van der Waals surface area contributed by atoms with Crippen LogP contribution in [0.3, 0.4) is 0 Å². The van der Waals surface area contributed by atoms with Crippen LogP contribution in [0.1, 0.15) is 16.5 Å². The maximum Gasteiger partial charge on any atom is 0.434 e. The zero-order chi connectivity index (χ0) is 20.0. The fraction of sp³-hybridized carbons (Fsp3) is 0.278. The van der Waals surface area contributed by atoms with Gasteiger partial charge in [0, 0.05) is 25.4 Å². The van der Waals surface area contributed by atoms with Crippen molar-refractivity contribution in [1.82, 2.24) is 25.6 Å². The normalized spacial score (nSPS) is 12.2. The summed E-state index contributed by atoms with van der Waals surface area (Å²) < 4.78 is 37.7. The average molecular weight is 408 g/mol. The monoisotopic (exact) mass is 408 g/mol. The second-order valence-corrected chi connectivity index (χ2v) is 6.78. The van der Waals surface area contributed by atoms with Crippen molar-refractivity contribution in [2.75, 3.05) is 13.6 Å². The quantitative estimate of drug-likeness (QED) is 0.431. The molecule has 0 atom stereocenters. The van der Waals surface area contributed by atoms with Gasteiger partial charge in [0.05, 0.1) is 23.4 Å². The summed E-state index contributed by atoms with van der Waals surface area (Å²) in [5.41, 5.74) is 1.12. The van der Waals surface area contributed by atoms with E-state index in [9.17, 15) is 13.2 Å². The molecule has 28 heavy (non-hydrogen) atoms. The lowest BCUT2D eigenvalue weighted by Gasteiger charge is -2.10. The van der Waals surface area contributed by atoms with Gasteiger partial charge >= 0.3 is 6.18 Å². The van der Waals surface area contributed by atoms with Crippen LogP contribution in [-0.4, -0.2) is 34.5 Å². The predicted octanol–water partition coefficient (Wildman–Crippen LogP) is 3.46. The number of rotatable bonds is 6. The maximum absolute atomic E-state index is 12.6. The van der Waals surface area contributed by atoms with Gasteiger partial charge in [-0.3, -0.25) is 4.99 Å². The lowest BCUT2D eigenvalue weighted by Crippen LogP contribution is -2.38. The summed E-state index contributed by atoms with van der Waals surface area (Å²) >= 11 is 1.00. The molecule has 10 heteroatoms. The average Bonchev–Trinajstić information content (AvgIpc) is 3.34. The summed E-state index contributed by atoms with van der Waals surface area (Å²) in [4.78, 5) is 15.3. The summed E-state index contributed by atoms with van der Waals surface area (Å²) in [5.74, 6) is 1.28. The number of H-pyrrole nitrogens is 1. The molecule has 0 radical (unpaired) electrons. The number of guanidine groups is 1. The van der Waals surface area contributed by atoms with Crippen LogP contribution >= 0.6 is 11.3 Å². The first-order chi connectivity index (χ1) is 13.5. The van der Waals surface area contributed by atoms with Crippen molar-refractivity contribution < 1.29 is 13.2 Å². The largest absolute Gasteiger partial charge is 0.434 e. The molecule has 0 amide bonds. The van der Waals surface area contributed by atoms with Crippen LogP contribution in [0.25, 0.3) is 11.3 Å². The number of hydrogen-bond donors (Lipinski definition) is 3. The Bertz CT molecular complexity index is 917. The van der Waals surface area contributed by atoms with Crippen molar-refractivity contribution in [2.24, 2.45) is 4.99 Å². The topological polar surface area (TPSA) is 78.0 Å². The van der Waals surface area contributed by atoms with E-state index in [1.54, 1.807) is 13.2 Å². The van der Waals surface area contributed by atoms with Gasteiger partial charge in [0.25, 0.3) is 0 Å². The fourth-order valence-corrected chi connectivity index (χ4v) is 3.25. The smallest absolute Gasteiger partial charge is 0.356 e. The first kappa shape index (κ1) is 19.9. The minimum absolute atomic E-state index is 0.375. The maximum atomic E-state index is 12.6. The van der Waals surface area contributed by atoms with E-state index in [2.05, 4.69) is 30.6 Å². The molecule has 6 nitrogen and oxygen atoms in total. The van der Waals surface area contributed by atoms with Crippen molar-refractivity contribution in [3.05, 3.63) is 58.4 Å². The lowest BCUT2D eigenvalue weighted by molar-refractivity contribution is -0.140. The van der Waals surface area contributed by atoms with Crippen molar-refractivity contribution in [2.45, 2.75) is 19.1 Å². The van der Waals surface area contributed by atoms with Crippen LogP contribution in [0, 0.1) is 0 Å². The van der Waals surface area contributed by atoms with Crippen LogP contribution in [-0.2, 0) is 19.1 Å². The standard InChI is InChI=1S/C18H19F3N6S/c1-22-17(23-8-7-16-27-14(11-28-16)18(19,20)21)25-10-15-24-9-13(26-15)12-5-3-2-4-6-12/h2-6,9,11H,7-8,10H2,1H3,(H,24,26)(H2,22,23,25). The van der Waals surface area contributed by atoms with E-state index < -0.39 is 11.9 Å². The summed E-state index contributed by atoms with van der Waals surface area (Å²) in [5, 5.41) is 7.63. The van der Waals surface area contributed by atoms with E-state index in [1.165, 1.54) is 0 Å². The number of nitrogens with one attached hydrogen (secondary N) is 3. The van der Waals surface area contributed by atoms with E-state index in [-0.39, 0.29) is 0 Å². The Balaban J connectivity index is 1.46. The molecular formula is C18H19F3N6S. The van der Waals surface area contributed by atoms with Crippen LogP contribution in [0.2, 0.25) is 0 Å². The summed E-state index contributed by atoms with van der Waals surface area (Å²) in [6.07, 6.45) is -2.26. The highest BCUT2D eigenvalue weighted by Gasteiger charge is 2.33. The second-order valence-electron chi connectivity index (χ2n) is 5.84. The minimum atomic E-state index is -4.40. The first-order valence-electron chi connectivity index (χ1n) is 8.51. The molecule has 3 aromatic rings. The second kappa shape index (κ2) is 8.87. The van der Waals surface area contributed by atoms with Gasteiger partial charge in [0.1, 0.15) is 5.82 Å². The molecule has 0 bridgehead atoms. The van der Waals surface area contributed by atoms with E-state index in [0.29, 0.717) is 30.5 Å². The number of thiazole rings is 1. The first-order valence-corrected chi connectivity index (χ1v) is 9.39. The molecule has 1 aromatic carbocycles. The van der Waals surface area contributed by atoms with Gasteiger partial charge in [-0.05, 0) is 5.56 Å². The molecule has 0 fully saturated rings. The Morgan fingerprint density at radius 1 is 1.21 bits per heavy atom. The molecule has 2 aromatic heterocycles. The number of aromatic amines is 1. The number of alkyl halides is 3. The Morgan fingerprint density at radius 2 is 2.00 bits per heavy atom. The fourth-order valence-electron chi connectivity index (χ4n) is 2.45. The number of benzene rings is 1. The van der Waals surface area contributed by atoms with Gasteiger partial charge in [-0.25, -0.2) is 9.97 Å². The molecule has 0 unspecified atom stereocenters. The van der Waals surface area contributed by atoms with Gasteiger partial charge in [-0.15, -0.1) is 11.3 Å².